The van der Waals surface area contributed by atoms with E-state index in [-0.39, 0.29) is 12.4 Å². The molecule has 0 saturated heterocycles. The number of ether oxygens (including phenoxy) is 2. The quantitative estimate of drug-likeness (QED) is 0.598. The fourth-order valence-electron chi connectivity index (χ4n) is 1.67. The predicted molar refractivity (Wildman–Crippen MR) is 90.0 cm³/mol. The lowest BCUT2D eigenvalue weighted by molar-refractivity contribution is -0.123. The first-order valence-electron chi connectivity index (χ1n) is 6.66. The van der Waals surface area contributed by atoms with Gasteiger partial charge in [-0.15, -0.1) is 0 Å². The van der Waals surface area contributed by atoms with E-state index in [1.807, 2.05) is 0 Å². The van der Waals surface area contributed by atoms with Gasteiger partial charge < -0.3 is 14.6 Å². The topological polar surface area (TPSA) is 80.2 Å². The van der Waals surface area contributed by atoms with E-state index in [0.29, 0.717) is 21.5 Å². The fourth-order valence-corrected chi connectivity index (χ4v) is 2.14. The number of carbonyl (C=O) groups is 1. The number of benzene rings is 2. The Labute approximate surface area is 141 Å². The van der Waals surface area contributed by atoms with Gasteiger partial charge in [0, 0.05) is 5.56 Å². The van der Waals surface area contributed by atoms with Crippen LogP contribution in [0, 0.1) is 0 Å². The molecule has 2 aromatic carbocycles. The molecule has 2 N–H and O–H groups in total. The van der Waals surface area contributed by atoms with Crippen LogP contribution in [-0.2, 0) is 4.79 Å². The molecule has 7 heteroatoms. The number of halogens is 1. The van der Waals surface area contributed by atoms with Crippen molar-refractivity contribution in [3.63, 3.8) is 0 Å². The smallest absolute Gasteiger partial charge is 0.277 e. The van der Waals surface area contributed by atoms with Gasteiger partial charge in [-0.05, 0) is 46.3 Å². The number of para-hydroxylation sites is 1. The first kappa shape index (κ1) is 16.8. The highest BCUT2D eigenvalue weighted by atomic mass is 79.9. The summed E-state index contributed by atoms with van der Waals surface area (Å²) in [5, 5.41) is 13.3. The summed E-state index contributed by atoms with van der Waals surface area (Å²) in [6, 6.07) is 11.8. The zero-order valence-electron chi connectivity index (χ0n) is 12.3. The van der Waals surface area contributed by atoms with Crippen LogP contribution in [-0.4, -0.2) is 30.9 Å². The third-order valence-corrected chi connectivity index (χ3v) is 3.45. The molecule has 0 aliphatic carbocycles. The number of nitrogens with one attached hydrogen (secondary N) is 1. The summed E-state index contributed by atoms with van der Waals surface area (Å²) in [6.45, 7) is -0.191. The number of hydrogen-bond acceptors (Lipinski definition) is 5. The van der Waals surface area contributed by atoms with Crippen molar-refractivity contribution in [3.8, 4) is 17.2 Å². The molecule has 0 spiro atoms. The Hall–Kier alpha value is -2.54. The fraction of sp³-hybridized carbons (Fsp3) is 0.125. The Kier molecular flexibility index (Phi) is 5.99. The number of carbonyl (C=O) groups excluding carboxylic acids is 1. The molecule has 2 aromatic rings. The molecule has 0 bridgehead atoms. The average molecular weight is 379 g/mol. The maximum atomic E-state index is 11.7. The van der Waals surface area contributed by atoms with Gasteiger partial charge in [-0.2, -0.15) is 5.10 Å². The van der Waals surface area contributed by atoms with Crippen LogP contribution < -0.4 is 14.9 Å². The summed E-state index contributed by atoms with van der Waals surface area (Å²) in [5.74, 6) is 0.870. The molecule has 0 heterocycles. The maximum Gasteiger partial charge on any atom is 0.277 e. The van der Waals surface area contributed by atoms with Crippen molar-refractivity contribution in [2.75, 3.05) is 13.7 Å². The average Bonchev–Trinajstić information content (AvgIpc) is 2.55. The number of amides is 1. The van der Waals surface area contributed by atoms with Gasteiger partial charge in [-0.1, -0.05) is 12.1 Å². The number of aromatic hydroxyl groups is 1. The molecule has 23 heavy (non-hydrogen) atoms. The Bertz CT molecular complexity index is 719. The van der Waals surface area contributed by atoms with E-state index in [9.17, 15) is 9.90 Å². The molecule has 0 aromatic heterocycles. The molecule has 1 amide bonds. The minimum absolute atomic E-state index is 0.0870. The number of methoxy groups -OCH3 is 1. The first-order chi connectivity index (χ1) is 11.1. The molecule has 0 aliphatic heterocycles. The van der Waals surface area contributed by atoms with Crippen molar-refractivity contribution < 1.29 is 19.4 Å². The number of rotatable bonds is 6. The highest BCUT2D eigenvalue weighted by Crippen LogP contribution is 2.28. The summed E-state index contributed by atoms with van der Waals surface area (Å²) in [5.41, 5.74) is 2.83. The Balaban J connectivity index is 1.85. The van der Waals surface area contributed by atoms with Crippen LogP contribution in [0.15, 0.2) is 52.0 Å². The minimum Gasteiger partial charge on any atom is -0.507 e. The molecular weight excluding hydrogens is 364 g/mol. The van der Waals surface area contributed by atoms with Crippen LogP contribution in [0.1, 0.15) is 5.56 Å². The number of hydrazone groups is 1. The highest BCUT2D eigenvalue weighted by molar-refractivity contribution is 9.10. The molecule has 2 rings (SSSR count). The number of nitrogens with zero attached hydrogens (tertiary/aromatic N) is 1. The molecule has 6 nitrogen and oxygen atoms in total. The van der Waals surface area contributed by atoms with Gasteiger partial charge in [0.25, 0.3) is 5.91 Å². The van der Waals surface area contributed by atoms with Crippen molar-refractivity contribution >= 4 is 28.1 Å². The third kappa shape index (κ3) is 5.00. The van der Waals surface area contributed by atoms with Crippen LogP contribution in [0.25, 0.3) is 0 Å². The van der Waals surface area contributed by atoms with Crippen molar-refractivity contribution in [1.29, 1.82) is 0 Å². The van der Waals surface area contributed by atoms with Gasteiger partial charge in [0.2, 0.25) is 0 Å². The largest absolute Gasteiger partial charge is 0.507 e. The van der Waals surface area contributed by atoms with Gasteiger partial charge >= 0.3 is 0 Å². The second-order valence-electron chi connectivity index (χ2n) is 4.44. The molecule has 0 radical (unpaired) electrons. The molecular formula is C16H15BrN2O4. The second kappa shape index (κ2) is 8.19. The van der Waals surface area contributed by atoms with Gasteiger partial charge in [0.15, 0.2) is 6.61 Å². The lowest BCUT2D eigenvalue weighted by Crippen LogP contribution is -2.24. The lowest BCUT2D eigenvalue weighted by atomic mass is 10.2. The zero-order chi connectivity index (χ0) is 16.7. The third-order valence-electron chi connectivity index (χ3n) is 2.83. The van der Waals surface area contributed by atoms with E-state index < -0.39 is 5.91 Å². The Morgan fingerprint density at radius 1 is 1.35 bits per heavy atom. The van der Waals surface area contributed by atoms with Crippen LogP contribution in [0.3, 0.4) is 0 Å². The minimum atomic E-state index is -0.417. The lowest BCUT2D eigenvalue weighted by Gasteiger charge is -2.08. The highest BCUT2D eigenvalue weighted by Gasteiger charge is 2.06. The first-order valence-corrected chi connectivity index (χ1v) is 7.45. The normalized spacial score (nSPS) is 10.5. The van der Waals surface area contributed by atoms with Crippen LogP contribution in [0.4, 0.5) is 0 Å². The molecule has 0 saturated carbocycles. The standard InChI is InChI=1S/C16H15BrN2O4/c1-22-12-6-7-15(13(17)8-12)23-10-16(21)19-18-9-11-4-2-3-5-14(11)20/h2-9,20H,10H2,1H3,(H,19,21)/b18-9+. The molecule has 0 fully saturated rings. The molecule has 0 atom stereocenters. The number of phenols is 1. The number of phenolic OH excluding ortho intramolecular Hbond substituents is 1. The van der Waals surface area contributed by atoms with Crippen molar-refractivity contribution in [1.82, 2.24) is 5.43 Å². The van der Waals surface area contributed by atoms with E-state index in [2.05, 4.69) is 26.5 Å². The predicted octanol–water partition coefficient (Wildman–Crippen LogP) is 2.69. The molecule has 0 unspecified atom stereocenters. The van der Waals surface area contributed by atoms with E-state index in [4.69, 9.17) is 9.47 Å². The van der Waals surface area contributed by atoms with Crippen molar-refractivity contribution in [3.05, 3.63) is 52.5 Å². The van der Waals surface area contributed by atoms with Crippen molar-refractivity contribution in [2.24, 2.45) is 5.10 Å². The van der Waals surface area contributed by atoms with E-state index in [1.54, 1.807) is 43.5 Å². The van der Waals surface area contributed by atoms with E-state index in [0.717, 1.165) is 0 Å². The van der Waals surface area contributed by atoms with Gasteiger partial charge in [-0.3, -0.25) is 4.79 Å². The summed E-state index contributed by atoms with van der Waals surface area (Å²) < 4.78 is 11.1. The summed E-state index contributed by atoms with van der Waals surface area (Å²) in [6.07, 6.45) is 1.36. The van der Waals surface area contributed by atoms with Crippen LogP contribution in [0.5, 0.6) is 17.2 Å². The summed E-state index contributed by atoms with van der Waals surface area (Å²) in [4.78, 5) is 11.7. The number of hydrogen-bond donors (Lipinski definition) is 2. The van der Waals surface area contributed by atoms with E-state index >= 15 is 0 Å². The monoisotopic (exact) mass is 378 g/mol. The van der Waals surface area contributed by atoms with Gasteiger partial charge in [0.05, 0.1) is 17.8 Å². The summed E-state index contributed by atoms with van der Waals surface area (Å²) in [7, 11) is 1.57. The Morgan fingerprint density at radius 2 is 2.13 bits per heavy atom. The zero-order valence-corrected chi connectivity index (χ0v) is 13.9. The van der Waals surface area contributed by atoms with Gasteiger partial charge in [-0.25, -0.2) is 5.43 Å². The SMILES string of the molecule is COc1ccc(OCC(=O)N/N=C/c2ccccc2O)c(Br)c1. The van der Waals surface area contributed by atoms with Crippen LogP contribution in [0.2, 0.25) is 0 Å². The second-order valence-corrected chi connectivity index (χ2v) is 5.29. The summed E-state index contributed by atoms with van der Waals surface area (Å²) >= 11 is 3.34. The Morgan fingerprint density at radius 3 is 2.83 bits per heavy atom. The van der Waals surface area contributed by atoms with Gasteiger partial charge in [0.1, 0.15) is 17.2 Å². The van der Waals surface area contributed by atoms with Crippen molar-refractivity contribution in [2.45, 2.75) is 0 Å². The maximum absolute atomic E-state index is 11.7. The molecule has 0 aliphatic rings. The van der Waals surface area contributed by atoms with Crippen LogP contribution >= 0.6 is 15.9 Å². The van der Waals surface area contributed by atoms with E-state index in [1.165, 1.54) is 12.3 Å². The molecule has 120 valence electrons.